The molecule has 3 aromatic rings. The second kappa shape index (κ2) is 6.56. The first-order chi connectivity index (χ1) is 10.2. The average molecular weight is 313 g/mol. The first kappa shape index (κ1) is 14.5. The first-order valence-electron chi connectivity index (χ1n) is 7.13. The first-order valence-corrected chi connectivity index (χ1v) is 8.89. The number of rotatable bonds is 5. The lowest BCUT2D eigenvalue weighted by atomic mass is 10.0. The maximum Gasteiger partial charge on any atom is 0.0769 e. The molecule has 0 amide bonds. The average Bonchev–Trinajstić information content (AvgIpc) is 3.18. The molecule has 0 fully saturated rings. The maximum absolute atomic E-state index is 3.79. The Bertz CT molecular complexity index is 637. The Hall–Kier alpha value is -1.42. The van der Waals surface area contributed by atoms with E-state index in [2.05, 4.69) is 78.5 Å². The second-order valence-corrected chi connectivity index (χ2v) is 7.22. The number of aryl methyl sites for hydroxylation is 1. The van der Waals surface area contributed by atoms with Gasteiger partial charge in [0, 0.05) is 15.8 Å². The lowest BCUT2D eigenvalue weighted by molar-refractivity contribution is 0.526. The maximum atomic E-state index is 3.79. The fourth-order valence-corrected chi connectivity index (χ4v) is 4.18. The second-order valence-electron chi connectivity index (χ2n) is 5.27. The van der Waals surface area contributed by atoms with E-state index in [-0.39, 0.29) is 6.04 Å². The molecule has 0 spiro atoms. The molecule has 3 heteroatoms. The van der Waals surface area contributed by atoms with Crippen LogP contribution in [0.25, 0.3) is 0 Å². The van der Waals surface area contributed by atoms with Crippen molar-refractivity contribution in [3.8, 4) is 0 Å². The topological polar surface area (TPSA) is 12.0 Å². The summed E-state index contributed by atoms with van der Waals surface area (Å²) in [7, 11) is 0. The molecule has 0 saturated heterocycles. The van der Waals surface area contributed by atoms with Gasteiger partial charge in [-0.1, -0.05) is 42.0 Å². The summed E-state index contributed by atoms with van der Waals surface area (Å²) in [5, 5.41) is 8.08. The van der Waals surface area contributed by atoms with E-state index in [4.69, 9.17) is 0 Å². The Morgan fingerprint density at radius 2 is 1.57 bits per heavy atom. The van der Waals surface area contributed by atoms with Crippen molar-refractivity contribution >= 4 is 22.7 Å². The predicted octanol–water partition coefficient (Wildman–Crippen LogP) is 5.56. The molecule has 2 heterocycles. The zero-order valence-corrected chi connectivity index (χ0v) is 13.9. The van der Waals surface area contributed by atoms with Gasteiger partial charge in [0.1, 0.15) is 0 Å². The van der Waals surface area contributed by atoms with Crippen LogP contribution < -0.4 is 5.32 Å². The summed E-state index contributed by atoms with van der Waals surface area (Å²) in [5.74, 6) is 0. The Morgan fingerprint density at radius 1 is 0.905 bits per heavy atom. The van der Waals surface area contributed by atoms with Gasteiger partial charge in [0.15, 0.2) is 0 Å². The van der Waals surface area contributed by atoms with E-state index in [0.29, 0.717) is 6.04 Å². The molecule has 21 heavy (non-hydrogen) atoms. The Balaban J connectivity index is 1.85. The van der Waals surface area contributed by atoms with Crippen LogP contribution in [0.1, 0.15) is 39.9 Å². The highest BCUT2D eigenvalue weighted by Gasteiger charge is 2.19. The minimum absolute atomic E-state index is 0.278. The highest BCUT2D eigenvalue weighted by molar-refractivity contribution is 7.11. The number of thiophene rings is 2. The molecule has 3 rings (SSSR count). The van der Waals surface area contributed by atoms with Crippen LogP contribution in [0.3, 0.4) is 0 Å². The SMILES string of the molecule is Cc1cccc([C@@H](C)NC(c2cccs2)c2cccs2)c1. The lowest BCUT2D eigenvalue weighted by Crippen LogP contribution is -2.24. The molecule has 1 aromatic carbocycles. The zero-order valence-electron chi connectivity index (χ0n) is 12.2. The molecule has 0 aliphatic carbocycles. The highest BCUT2D eigenvalue weighted by Crippen LogP contribution is 2.31. The van der Waals surface area contributed by atoms with Gasteiger partial charge in [-0.2, -0.15) is 0 Å². The van der Waals surface area contributed by atoms with E-state index in [1.807, 2.05) is 22.7 Å². The number of nitrogens with one attached hydrogen (secondary N) is 1. The third-order valence-corrected chi connectivity index (χ3v) is 5.49. The molecule has 108 valence electrons. The van der Waals surface area contributed by atoms with E-state index in [1.54, 1.807) is 0 Å². The lowest BCUT2D eigenvalue weighted by Gasteiger charge is -2.22. The Kier molecular flexibility index (Phi) is 4.54. The Labute approximate surface area is 134 Å². The minimum atomic E-state index is 0.278. The van der Waals surface area contributed by atoms with Gasteiger partial charge in [-0.15, -0.1) is 22.7 Å². The summed E-state index contributed by atoms with van der Waals surface area (Å²) in [6.07, 6.45) is 0. The van der Waals surface area contributed by atoms with E-state index in [9.17, 15) is 0 Å². The molecule has 0 radical (unpaired) electrons. The Morgan fingerprint density at radius 3 is 2.10 bits per heavy atom. The predicted molar refractivity (Wildman–Crippen MR) is 93.2 cm³/mol. The van der Waals surface area contributed by atoms with E-state index in [0.717, 1.165) is 0 Å². The molecule has 0 bridgehead atoms. The summed E-state index contributed by atoms with van der Waals surface area (Å²) < 4.78 is 0. The van der Waals surface area contributed by atoms with Crippen LogP contribution >= 0.6 is 22.7 Å². The third-order valence-electron chi connectivity index (χ3n) is 3.61. The van der Waals surface area contributed by atoms with Gasteiger partial charge in [-0.05, 0) is 42.3 Å². The van der Waals surface area contributed by atoms with Crippen molar-refractivity contribution in [1.29, 1.82) is 0 Å². The van der Waals surface area contributed by atoms with Crippen molar-refractivity contribution in [2.24, 2.45) is 0 Å². The van der Waals surface area contributed by atoms with Crippen LogP contribution in [0.15, 0.2) is 59.3 Å². The van der Waals surface area contributed by atoms with Gasteiger partial charge in [0.25, 0.3) is 0 Å². The van der Waals surface area contributed by atoms with Gasteiger partial charge >= 0.3 is 0 Å². The van der Waals surface area contributed by atoms with Gasteiger partial charge in [-0.25, -0.2) is 0 Å². The molecule has 1 atom stereocenters. The number of hydrogen-bond donors (Lipinski definition) is 1. The van der Waals surface area contributed by atoms with E-state index in [1.165, 1.54) is 20.9 Å². The van der Waals surface area contributed by atoms with Crippen LogP contribution in [0.5, 0.6) is 0 Å². The summed E-state index contributed by atoms with van der Waals surface area (Å²) >= 11 is 3.63. The molecule has 0 aliphatic rings. The standard InChI is InChI=1S/C18H19NS2/c1-13-6-3-7-15(12-13)14(2)19-18(16-8-4-10-20-16)17-9-5-11-21-17/h3-12,14,18-19H,1-2H3/t14-/m1/s1. The van der Waals surface area contributed by atoms with Crippen LogP contribution in [0.2, 0.25) is 0 Å². The third kappa shape index (κ3) is 3.43. The summed E-state index contributed by atoms with van der Waals surface area (Å²) in [5.41, 5.74) is 2.65. The molecular weight excluding hydrogens is 294 g/mol. The number of benzene rings is 1. The van der Waals surface area contributed by atoms with Gasteiger partial charge in [-0.3, -0.25) is 5.32 Å². The smallest absolute Gasteiger partial charge is 0.0769 e. The van der Waals surface area contributed by atoms with Crippen molar-refractivity contribution in [2.75, 3.05) is 0 Å². The fraction of sp³-hybridized carbons (Fsp3) is 0.222. The molecule has 0 saturated carbocycles. The van der Waals surface area contributed by atoms with E-state index < -0.39 is 0 Å². The van der Waals surface area contributed by atoms with Crippen LogP contribution in [-0.2, 0) is 0 Å². The van der Waals surface area contributed by atoms with Crippen molar-refractivity contribution in [1.82, 2.24) is 5.32 Å². The van der Waals surface area contributed by atoms with Crippen LogP contribution in [-0.4, -0.2) is 0 Å². The van der Waals surface area contributed by atoms with E-state index >= 15 is 0 Å². The largest absolute Gasteiger partial charge is 0.298 e. The quantitative estimate of drug-likeness (QED) is 0.650. The van der Waals surface area contributed by atoms with Crippen LogP contribution in [0.4, 0.5) is 0 Å². The number of hydrogen-bond acceptors (Lipinski definition) is 3. The minimum Gasteiger partial charge on any atom is -0.298 e. The molecule has 2 aromatic heterocycles. The molecule has 0 aliphatic heterocycles. The molecular formula is C18H19NS2. The zero-order chi connectivity index (χ0) is 14.7. The molecule has 1 nitrogen and oxygen atoms in total. The van der Waals surface area contributed by atoms with Crippen molar-refractivity contribution < 1.29 is 0 Å². The summed E-state index contributed by atoms with van der Waals surface area (Å²) in [6.45, 7) is 4.38. The van der Waals surface area contributed by atoms with Gasteiger partial charge in [0.05, 0.1) is 6.04 Å². The van der Waals surface area contributed by atoms with Crippen molar-refractivity contribution in [3.63, 3.8) is 0 Å². The fourth-order valence-electron chi connectivity index (χ4n) is 2.50. The molecule has 1 N–H and O–H groups in total. The monoisotopic (exact) mass is 313 g/mol. The highest BCUT2D eigenvalue weighted by atomic mass is 32.1. The van der Waals surface area contributed by atoms with Crippen molar-refractivity contribution in [3.05, 3.63) is 80.2 Å². The van der Waals surface area contributed by atoms with Crippen molar-refractivity contribution in [2.45, 2.75) is 25.9 Å². The summed E-state index contributed by atoms with van der Waals surface area (Å²) in [4.78, 5) is 2.74. The van der Waals surface area contributed by atoms with Crippen LogP contribution in [0, 0.1) is 6.92 Å². The van der Waals surface area contributed by atoms with Gasteiger partial charge < -0.3 is 0 Å². The molecule has 0 unspecified atom stereocenters. The summed E-state index contributed by atoms with van der Waals surface area (Å²) in [6, 6.07) is 18.0. The normalized spacial score (nSPS) is 12.7. The van der Waals surface area contributed by atoms with Gasteiger partial charge in [0.2, 0.25) is 0 Å².